The number of rotatable bonds is 8. The van der Waals surface area contributed by atoms with Gasteiger partial charge in [-0.1, -0.05) is 36.0 Å². The number of nitrogens with zero attached hydrogens (tertiary/aromatic N) is 4. The summed E-state index contributed by atoms with van der Waals surface area (Å²) in [5, 5.41) is 11.4. The van der Waals surface area contributed by atoms with Gasteiger partial charge in [0.2, 0.25) is 5.91 Å². The minimum absolute atomic E-state index is 0.0902. The molecule has 6 nitrogen and oxygen atoms in total. The first kappa shape index (κ1) is 21.0. The van der Waals surface area contributed by atoms with Crippen molar-refractivity contribution in [2.45, 2.75) is 37.2 Å². The predicted molar refractivity (Wildman–Crippen MR) is 116 cm³/mol. The maximum atomic E-state index is 13.9. The Hall–Kier alpha value is -2.23. The monoisotopic (exact) mass is 446 g/mol. The van der Waals surface area contributed by atoms with Crippen LogP contribution in [0.2, 0.25) is 0 Å². The van der Waals surface area contributed by atoms with Crippen LogP contribution in [0.1, 0.15) is 18.4 Å². The SMILES string of the molecule is CN(Cc1ccccc1F)C(=O)CSc1nnc(-c2cccs2)n1CC1CCCO1. The van der Waals surface area contributed by atoms with Crippen molar-refractivity contribution in [1.29, 1.82) is 0 Å². The third kappa shape index (κ3) is 4.91. The number of thioether (sulfide) groups is 1. The number of amides is 1. The van der Waals surface area contributed by atoms with E-state index in [-0.39, 0.29) is 30.1 Å². The van der Waals surface area contributed by atoms with E-state index in [0.717, 1.165) is 30.2 Å². The molecule has 3 aromatic rings. The first-order valence-corrected chi connectivity index (χ1v) is 11.7. The van der Waals surface area contributed by atoms with Crippen LogP contribution in [0.5, 0.6) is 0 Å². The van der Waals surface area contributed by atoms with Crippen LogP contribution >= 0.6 is 23.1 Å². The van der Waals surface area contributed by atoms with Crippen molar-refractivity contribution in [3.8, 4) is 10.7 Å². The molecule has 30 heavy (non-hydrogen) atoms. The molecule has 0 bridgehead atoms. The Bertz CT molecular complexity index is 987. The van der Waals surface area contributed by atoms with Crippen molar-refractivity contribution in [2.24, 2.45) is 0 Å². The number of benzene rings is 1. The van der Waals surface area contributed by atoms with Crippen molar-refractivity contribution < 1.29 is 13.9 Å². The van der Waals surface area contributed by atoms with Crippen molar-refractivity contribution in [1.82, 2.24) is 19.7 Å². The van der Waals surface area contributed by atoms with Gasteiger partial charge in [0, 0.05) is 25.8 Å². The molecule has 0 N–H and O–H groups in total. The number of halogens is 1. The Morgan fingerprint density at radius 2 is 2.20 bits per heavy atom. The molecule has 3 heterocycles. The number of carbonyl (C=O) groups excluding carboxylic acids is 1. The largest absolute Gasteiger partial charge is 0.376 e. The lowest BCUT2D eigenvalue weighted by Gasteiger charge is -2.18. The third-order valence-electron chi connectivity index (χ3n) is 4.98. The normalized spacial score (nSPS) is 16.1. The maximum absolute atomic E-state index is 13.9. The molecule has 0 radical (unpaired) electrons. The summed E-state index contributed by atoms with van der Waals surface area (Å²) in [6.07, 6.45) is 2.21. The Morgan fingerprint density at radius 3 is 2.93 bits per heavy atom. The average Bonchev–Trinajstić information content (AvgIpc) is 3.50. The molecule has 1 aliphatic heterocycles. The molecule has 1 saturated heterocycles. The lowest BCUT2D eigenvalue weighted by molar-refractivity contribution is -0.127. The van der Waals surface area contributed by atoms with Crippen LogP contribution in [0, 0.1) is 5.82 Å². The molecule has 9 heteroatoms. The highest BCUT2D eigenvalue weighted by Gasteiger charge is 2.23. The Morgan fingerprint density at radius 1 is 1.33 bits per heavy atom. The fourth-order valence-corrected chi connectivity index (χ4v) is 4.95. The van der Waals surface area contributed by atoms with Gasteiger partial charge in [0.1, 0.15) is 5.82 Å². The second-order valence-electron chi connectivity index (χ2n) is 7.16. The molecule has 2 aromatic heterocycles. The molecule has 1 aliphatic rings. The topological polar surface area (TPSA) is 60.2 Å². The summed E-state index contributed by atoms with van der Waals surface area (Å²) >= 11 is 2.96. The molecular formula is C21H23FN4O2S2. The second kappa shape index (κ2) is 9.72. The highest BCUT2D eigenvalue weighted by Crippen LogP contribution is 2.29. The van der Waals surface area contributed by atoms with Gasteiger partial charge in [0.05, 0.1) is 23.3 Å². The summed E-state index contributed by atoms with van der Waals surface area (Å²) in [5.41, 5.74) is 0.500. The Balaban J connectivity index is 1.44. The van der Waals surface area contributed by atoms with Gasteiger partial charge in [-0.3, -0.25) is 9.36 Å². The smallest absolute Gasteiger partial charge is 0.233 e. The first-order chi connectivity index (χ1) is 14.6. The minimum Gasteiger partial charge on any atom is -0.376 e. The highest BCUT2D eigenvalue weighted by atomic mass is 32.2. The zero-order chi connectivity index (χ0) is 20.9. The van der Waals surface area contributed by atoms with E-state index in [0.29, 0.717) is 17.3 Å². The number of thiophene rings is 1. The van der Waals surface area contributed by atoms with E-state index in [2.05, 4.69) is 14.8 Å². The number of hydrogen-bond donors (Lipinski definition) is 0. The van der Waals surface area contributed by atoms with Crippen LogP contribution in [0.4, 0.5) is 4.39 Å². The van der Waals surface area contributed by atoms with Crippen LogP contribution in [-0.2, 0) is 22.6 Å². The van der Waals surface area contributed by atoms with Crippen LogP contribution in [-0.4, -0.2) is 51.1 Å². The van der Waals surface area contributed by atoms with E-state index >= 15 is 0 Å². The van der Waals surface area contributed by atoms with Crippen molar-refractivity contribution >= 4 is 29.0 Å². The maximum Gasteiger partial charge on any atom is 0.233 e. The van der Waals surface area contributed by atoms with E-state index in [4.69, 9.17) is 4.74 Å². The van der Waals surface area contributed by atoms with Crippen LogP contribution < -0.4 is 0 Å². The van der Waals surface area contributed by atoms with Gasteiger partial charge in [0.25, 0.3) is 0 Å². The van der Waals surface area contributed by atoms with Crippen molar-refractivity contribution in [2.75, 3.05) is 19.4 Å². The van der Waals surface area contributed by atoms with Crippen LogP contribution in [0.25, 0.3) is 10.7 Å². The summed E-state index contributed by atoms with van der Waals surface area (Å²) in [6.45, 7) is 1.68. The van der Waals surface area contributed by atoms with Gasteiger partial charge in [0.15, 0.2) is 11.0 Å². The molecule has 1 amide bonds. The third-order valence-corrected chi connectivity index (χ3v) is 6.80. The Kier molecular flexibility index (Phi) is 6.81. The van der Waals surface area contributed by atoms with Gasteiger partial charge in [-0.05, 0) is 30.4 Å². The fraction of sp³-hybridized carbons (Fsp3) is 0.381. The molecule has 1 fully saturated rings. The van der Waals surface area contributed by atoms with Gasteiger partial charge in [-0.15, -0.1) is 21.5 Å². The van der Waals surface area contributed by atoms with E-state index in [1.54, 1.807) is 36.6 Å². The Labute approximate surface area is 183 Å². The minimum atomic E-state index is -0.304. The molecule has 0 aliphatic carbocycles. The summed E-state index contributed by atoms with van der Waals surface area (Å²) in [4.78, 5) is 15.2. The van der Waals surface area contributed by atoms with Crippen LogP contribution in [0.3, 0.4) is 0 Å². The molecule has 1 aromatic carbocycles. The van der Waals surface area contributed by atoms with Gasteiger partial charge < -0.3 is 9.64 Å². The highest BCUT2D eigenvalue weighted by molar-refractivity contribution is 7.99. The van der Waals surface area contributed by atoms with Gasteiger partial charge in [-0.2, -0.15) is 0 Å². The fourth-order valence-electron chi connectivity index (χ4n) is 3.35. The lowest BCUT2D eigenvalue weighted by Crippen LogP contribution is -2.28. The summed E-state index contributed by atoms with van der Waals surface area (Å²) in [7, 11) is 1.68. The molecule has 1 unspecified atom stereocenters. The van der Waals surface area contributed by atoms with E-state index in [1.807, 2.05) is 17.5 Å². The number of ether oxygens (including phenoxy) is 1. The zero-order valence-electron chi connectivity index (χ0n) is 16.7. The second-order valence-corrected chi connectivity index (χ2v) is 9.05. The van der Waals surface area contributed by atoms with Gasteiger partial charge in [-0.25, -0.2) is 4.39 Å². The lowest BCUT2D eigenvalue weighted by atomic mass is 10.2. The molecule has 4 rings (SSSR count). The molecule has 0 spiro atoms. The summed E-state index contributed by atoms with van der Waals surface area (Å²) in [6, 6.07) is 10.5. The van der Waals surface area contributed by atoms with Crippen molar-refractivity contribution in [3.05, 3.63) is 53.2 Å². The molecule has 1 atom stereocenters. The molecule has 158 valence electrons. The summed E-state index contributed by atoms with van der Waals surface area (Å²) in [5.74, 6) is 0.614. The standard InChI is InChI=1S/C21H23FN4O2S2/c1-25(12-15-6-2-3-8-17(15)22)19(27)14-30-21-24-23-20(18-9-5-11-29-18)26(21)13-16-7-4-10-28-16/h2-3,5-6,8-9,11,16H,4,7,10,12-14H2,1H3. The predicted octanol–water partition coefficient (Wildman–Crippen LogP) is 4.08. The van der Waals surface area contributed by atoms with E-state index in [9.17, 15) is 9.18 Å². The van der Waals surface area contributed by atoms with Crippen LogP contribution in [0.15, 0.2) is 46.9 Å². The molecular weight excluding hydrogens is 423 g/mol. The molecule has 0 saturated carbocycles. The van der Waals surface area contributed by atoms with Gasteiger partial charge >= 0.3 is 0 Å². The zero-order valence-corrected chi connectivity index (χ0v) is 18.3. The van der Waals surface area contributed by atoms with Crippen molar-refractivity contribution in [3.63, 3.8) is 0 Å². The number of aromatic nitrogens is 3. The van der Waals surface area contributed by atoms with E-state index < -0.39 is 0 Å². The summed E-state index contributed by atoms with van der Waals surface area (Å²) < 4.78 is 21.7. The number of hydrogen-bond acceptors (Lipinski definition) is 6. The average molecular weight is 447 g/mol. The first-order valence-electron chi connectivity index (χ1n) is 9.80. The number of carbonyl (C=O) groups is 1. The quantitative estimate of drug-likeness (QED) is 0.488. The van der Waals surface area contributed by atoms with E-state index in [1.165, 1.54) is 22.7 Å².